The molecule has 1 atom stereocenters. The molecule has 0 bridgehead atoms. The Morgan fingerprint density at radius 2 is 1.96 bits per heavy atom. The van der Waals surface area contributed by atoms with Crippen molar-refractivity contribution in [3.8, 4) is 0 Å². The van der Waals surface area contributed by atoms with E-state index in [1.807, 2.05) is 18.2 Å². The second kappa shape index (κ2) is 7.75. The molecule has 26 heavy (non-hydrogen) atoms. The number of hydrogen-bond acceptors (Lipinski definition) is 3. The molecule has 2 aliphatic rings. The van der Waals surface area contributed by atoms with Crippen molar-refractivity contribution >= 4 is 11.6 Å². The van der Waals surface area contributed by atoms with Crippen molar-refractivity contribution in [3.63, 3.8) is 0 Å². The van der Waals surface area contributed by atoms with Crippen molar-refractivity contribution in [3.05, 3.63) is 77.4 Å². The highest BCUT2D eigenvalue weighted by molar-refractivity contribution is 5.94. The lowest BCUT2D eigenvalue weighted by atomic mass is 9.96. The summed E-state index contributed by atoms with van der Waals surface area (Å²) in [6.45, 7) is 4.00. The average molecular weight is 348 g/mol. The molecular formula is C22H24N2O2. The van der Waals surface area contributed by atoms with Crippen molar-refractivity contribution < 1.29 is 9.53 Å². The predicted octanol–water partition coefficient (Wildman–Crippen LogP) is 3.50. The average Bonchev–Trinajstić information content (AvgIpc) is 3.40. The third-order valence-electron chi connectivity index (χ3n) is 5.10. The highest BCUT2D eigenvalue weighted by Crippen LogP contribution is 2.25. The zero-order valence-electron chi connectivity index (χ0n) is 14.9. The van der Waals surface area contributed by atoms with E-state index in [0.717, 1.165) is 38.3 Å². The van der Waals surface area contributed by atoms with Crippen LogP contribution in [0.15, 0.2) is 60.7 Å². The Hall–Kier alpha value is -2.59. The summed E-state index contributed by atoms with van der Waals surface area (Å²) in [4.78, 5) is 14.9. The summed E-state index contributed by atoms with van der Waals surface area (Å²) in [5.74, 6) is 0.382. The molecule has 0 saturated carbocycles. The van der Waals surface area contributed by atoms with Gasteiger partial charge in [0.25, 0.3) is 5.91 Å². The Bertz CT molecular complexity index is 801. The molecule has 1 N–H and O–H groups in total. The van der Waals surface area contributed by atoms with Gasteiger partial charge in [-0.05, 0) is 41.8 Å². The summed E-state index contributed by atoms with van der Waals surface area (Å²) in [5.41, 5.74) is 4.22. The molecule has 4 heteroatoms. The number of anilines is 1. The van der Waals surface area contributed by atoms with Crippen molar-refractivity contribution in [1.82, 2.24) is 5.32 Å². The first-order chi connectivity index (χ1) is 12.8. The summed E-state index contributed by atoms with van der Waals surface area (Å²) < 4.78 is 5.46. The van der Waals surface area contributed by atoms with E-state index in [2.05, 4.69) is 52.7 Å². The summed E-state index contributed by atoms with van der Waals surface area (Å²) >= 11 is 0. The van der Waals surface area contributed by atoms with E-state index in [0.29, 0.717) is 18.0 Å². The first-order valence-corrected chi connectivity index (χ1v) is 9.24. The molecule has 2 aromatic rings. The Morgan fingerprint density at radius 1 is 1.12 bits per heavy atom. The van der Waals surface area contributed by atoms with E-state index >= 15 is 0 Å². The van der Waals surface area contributed by atoms with E-state index < -0.39 is 0 Å². The fraction of sp³-hybridized carbons (Fsp3) is 0.318. The lowest BCUT2D eigenvalue weighted by Crippen LogP contribution is -2.23. The van der Waals surface area contributed by atoms with Crippen molar-refractivity contribution in [1.29, 1.82) is 0 Å². The minimum absolute atomic E-state index is 0.0287. The minimum atomic E-state index is -0.0287. The molecule has 2 heterocycles. The lowest BCUT2D eigenvalue weighted by Gasteiger charge is -2.18. The van der Waals surface area contributed by atoms with Gasteiger partial charge in [-0.25, -0.2) is 0 Å². The fourth-order valence-electron chi connectivity index (χ4n) is 3.57. The third kappa shape index (κ3) is 3.81. The summed E-state index contributed by atoms with van der Waals surface area (Å²) in [5, 5.41) is 3.05. The molecule has 1 saturated heterocycles. The van der Waals surface area contributed by atoms with Crippen LogP contribution in [-0.4, -0.2) is 32.2 Å². The molecule has 2 aromatic carbocycles. The van der Waals surface area contributed by atoms with Crippen LogP contribution in [0, 0.1) is 0 Å². The largest absolute Gasteiger partial charge is 0.381 e. The number of ether oxygens (including phenoxy) is 1. The quantitative estimate of drug-likeness (QED) is 0.841. The summed E-state index contributed by atoms with van der Waals surface area (Å²) in [7, 11) is 0. The van der Waals surface area contributed by atoms with E-state index in [1.165, 1.54) is 11.3 Å². The van der Waals surface area contributed by atoms with Crippen molar-refractivity contribution in [2.75, 3.05) is 31.2 Å². The molecule has 1 fully saturated rings. The highest BCUT2D eigenvalue weighted by atomic mass is 16.5. The normalized spacial score (nSPS) is 19.1. The number of benzene rings is 2. The fourth-order valence-corrected chi connectivity index (χ4v) is 3.57. The molecule has 0 aliphatic carbocycles. The highest BCUT2D eigenvalue weighted by Gasteiger charge is 2.18. The van der Waals surface area contributed by atoms with Crippen LogP contribution in [0.25, 0.3) is 0 Å². The number of carbonyl (C=O) groups excluding carboxylic acids is 1. The van der Waals surface area contributed by atoms with Gasteiger partial charge in [-0.1, -0.05) is 36.4 Å². The maximum Gasteiger partial charge on any atom is 0.251 e. The van der Waals surface area contributed by atoms with Gasteiger partial charge < -0.3 is 15.0 Å². The van der Waals surface area contributed by atoms with E-state index in [1.54, 1.807) is 0 Å². The SMILES string of the molecule is O=C(NCc1cccc(N2CC=CC2)c1)c1cccc([C@H]2CCOC2)c1. The van der Waals surface area contributed by atoms with Crippen LogP contribution in [-0.2, 0) is 11.3 Å². The zero-order valence-corrected chi connectivity index (χ0v) is 14.9. The molecule has 0 spiro atoms. The first kappa shape index (κ1) is 16.9. The molecule has 0 radical (unpaired) electrons. The van der Waals surface area contributed by atoms with Crippen molar-refractivity contribution in [2.45, 2.75) is 18.9 Å². The van der Waals surface area contributed by atoms with Crippen LogP contribution in [0.5, 0.6) is 0 Å². The molecule has 0 unspecified atom stereocenters. The maximum absolute atomic E-state index is 12.6. The number of nitrogens with one attached hydrogen (secondary N) is 1. The maximum atomic E-state index is 12.6. The standard InChI is InChI=1S/C22H24N2O2/c25-22(19-7-4-6-18(14-19)20-9-12-26-16-20)23-15-17-5-3-8-21(13-17)24-10-1-2-11-24/h1-8,13-14,20H,9-12,15-16H2,(H,23,25)/t20-/m0/s1. The first-order valence-electron chi connectivity index (χ1n) is 9.24. The predicted molar refractivity (Wildman–Crippen MR) is 104 cm³/mol. The van der Waals surface area contributed by atoms with Gasteiger partial charge in [-0.3, -0.25) is 4.79 Å². The number of carbonyl (C=O) groups is 1. The van der Waals surface area contributed by atoms with Crippen LogP contribution < -0.4 is 10.2 Å². The molecule has 4 rings (SSSR count). The van der Waals surface area contributed by atoms with Crippen LogP contribution in [0.4, 0.5) is 5.69 Å². The molecule has 2 aliphatic heterocycles. The second-order valence-corrected chi connectivity index (χ2v) is 6.91. The van der Waals surface area contributed by atoms with Gasteiger partial charge in [0.05, 0.1) is 6.61 Å². The van der Waals surface area contributed by atoms with Gasteiger partial charge in [0.1, 0.15) is 0 Å². The zero-order chi connectivity index (χ0) is 17.8. The van der Waals surface area contributed by atoms with E-state index in [4.69, 9.17) is 4.74 Å². The van der Waals surface area contributed by atoms with E-state index in [-0.39, 0.29) is 5.91 Å². The van der Waals surface area contributed by atoms with Gasteiger partial charge in [-0.15, -0.1) is 0 Å². The number of amides is 1. The third-order valence-corrected chi connectivity index (χ3v) is 5.10. The Balaban J connectivity index is 1.39. The Morgan fingerprint density at radius 3 is 2.77 bits per heavy atom. The van der Waals surface area contributed by atoms with Gasteiger partial charge in [-0.2, -0.15) is 0 Å². The Labute approximate surface area is 154 Å². The van der Waals surface area contributed by atoms with Gasteiger partial charge in [0.15, 0.2) is 0 Å². The summed E-state index contributed by atoms with van der Waals surface area (Å²) in [6, 6.07) is 16.3. The van der Waals surface area contributed by atoms with Gasteiger partial charge >= 0.3 is 0 Å². The molecule has 4 nitrogen and oxygen atoms in total. The number of nitrogens with zero attached hydrogens (tertiary/aromatic N) is 1. The molecule has 0 aromatic heterocycles. The lowest BCUT2D eigenvalue weighted by molar-refractivity contribution is 0.0950. The number of hydrogen-bond donors (Lipinski definition) is 1. The van der Waals surface area contributed by atoms with E-state index in [9.17, 15) is 4.79 Å². The molecule has 1 amide bonds. The van der Waals surface area contributed by atoms with Gasteiger partial charge in [0.2, 0.25) is 0 Å². The molecular weight excluding hydrogens is 324 g/mol. The van der Waals surface area contributed by atoms with Crippen molar-refractivity contribution in [2.24, 2.45) is 0 Å². The second-order valence-electron chi connectivity index (χ2n) is 6.91. The molecule has 134 valence electrons. The van der Waals surface area contributed by atoms with Crippen LogP contribution in [0.2, 0.25) is 0 Å². The smallest absolute Gasteiger partial charge is 0.251 e. The minimum Gasteiger partial charge on any atom is -0.381 e. The van der Waals surface area contributed by atoms with Gasteiger partial charge in [0, 0.05) is 43.4 Å². The Kier molecular flexibility index (Phi) is 5.02. The number of rotatable bonds is 5. The monoisotopic (exact) mass is 348 g/mol. The van der Waals surface area contributed by atoms with Crippen LogP contribution >= 0.6 is 0 Å². The topological polar surface area (TPSA) is 41.6 Å². The summed E-state index contributed by atoms with van der Waals surface area (Å²) in [6.07, 6.45) is 5.39. The van der Waals surface area contributed by atoms with Crippen LogP contribution in [0.1, 0.15) is 33.8 Å². The van der Waals surface area contributed by atoms with Crippen LogP contribution in [0.3, 0.4) is 0 Å².